The Morgan fingerprint density at radius 1 is 0.854 bits per heavy atom. The molecule has 1 amide bonds. The Bertz CT molecular complexity index is 1610. The number of carbonyl (C=O) groups is 2. The molecule has 0 aromatic heterocycles. The summed E-state index contributed by atoms with van der Waals surface area (Å²) in [5.74, 6) is -1.88. The second kappa shape index (κ2) is 14.2. The van der Waals surface area contributed by atoms with Gasteiger partial charge < -0.3 is 20.8 Å². The van der Waals surface area contributed by atoms with Gasteiger partial charge in [0.1, 0.15) is 0 Å². The molecule has 0 saturated heterocycles. The Hall–Kier alpha value is -3.73. The molecule has 0 heterocycles. The van der Waals surface area contributed by atoms with Crippen molar-refractivity contribution < 1.29 is 28.2 Å². The maximum Gasteiger partial charge on any atom is 0.337 e. The number of aliphatic hydroxyl groups excluding tert-OH is 1. The minimum Gasteiger partial charge on any atom is -0.478 e. The molecule has 0 aliphatic carbocycles. The van der Waals surface area contributed by atoms with Gasteiger partial charge in [-0.05, 0) is 78.7 Å². The number of aliphatic hydroxyl groups is 1. The number of halogens is 2. The van der Waals surface area contributed by atoms with E-state index in [1.165, 1.54) is 24.3 Å². The number of benzene rings is 4. The van der Waals surface area contributed by atoms with E-state index in [4.69, 9.17) is 11.6 Å². The van der Waals surface area contributed by atoms with Crippen molar-refractivity contribution in [3.63, 3.8) is 0 Å². The molecule has 0 spiro atoms. The molecule has 0 fully saturated rings. The maximum atomic E-state index is 13.2. The van der Waals surface area contributed by atoms with E-state index in [1.54, 1.807) is 66.7 Å². The van der Waals surface area contributed by atoms with Crippen molar-refractivity contribution in [1.29, 1.82) is 0 Å². The summed E-state index contributed by atoms with van der Waals surface area (Å²) in [5.41, 5.74) is 1.58. The van der Waals surface area contributed by atoms with Crippen LogP contribution in [0.25, 0.3) is 0 Å². The average molecular weight is 616 g/mol. The van der Waals surface area contributed by atoms with Crippen LogP contribution in [0.2, 0.25) is 5.02 Å². The van der Waals surface area contributed by atoms with Crippen LogP contribution in [0, 0.1) is 0 Å². The number of carboxylic acid groups (broad SMARTS) is 1. The summed E-state index contributed by atoms with van der Waals surface area (Å²) in [6.07, 6.45) is -0.110. The Morgan fingerprint density at radius 2 is 1.54 bits per heavy atom. The molecule has 0 bridgehead atoms. The maximum absolute atomic E-state index is 13.2. The second-order valence-electron chi connectivity index (χ2n) is 9.01. The highest BCUT2D eigenvalue weighted by atomic mass is 35.5. The third-order valence-electron chi connectivity index (χ3n) is 6.21. The predicted molar refractivity (Wildman–Crippen MR) is 160 cm³/mol. The number of anilines is 1. The van der Waals surface area contributed by atoms with E-state index in [2.05, 4.69) is 10.6 Å². The van der Waals surface area contributed by atoms with Crippen molar-refractivity contribution in [2.45, 2.75) is 22.3 Å². The Kier molecular flexibility index (Phi) is 11.0. The van der Waals surface area contributed by atoms with E-state index >= 15 is 0 Å². The minimum absolute atomic E-state index is 0. The Labute approximate surface area is 249 Å². The fourth-order valence-corrected chi connectivity index (χ4v) is 5.52. The van der Waals surface area contributed by atoms with E-state index in [0.29, 0.717) is 35.7 Å². The molecule has 0 unspecified atom stereocenters. The van der Waals surface area contributed by atoms with Crippen molar-refractivity contribution in [3.05, 3.63) is 124 Å². The standard InChI is InChI=1S/C30H27ClN2O6S.ClH/c31-23-8-4-7-22(17-23)28(34)19-32-16-15-20-9-11-24(12-10-20)40(38,39)25-13-14-27(26(18-25)30(36)37)33-29(35)21-5-2-1-3-6-21;/h1-14,17-18,28,32,34H,15-16,19H2,(H,33,35)(H,36,37);1H/t28-;/m0./s1. The number of hydrogen-bond donors (Lipinski definition) is 4. The topological polar surface area (TPSA) is 133 Å². The first-order chi connectivity index (χ1) is 19.1. The Morgan fingerprint density at radius 3 is 2.20 bits per heavy atom. The zero-order valence-electron chi connectivity index (χ0n) is 21.7. The van der Waals surface area contributed by atoms with Crippen molar-refractivity contribution in [2.24, 2.45) is 0 Å². The summed E-state index contributed by atoms with van der Waals surface area (Å²) in [7, 11) is -4.02. The number of rotatable bonds is 11. The van der Waals surface area contributed by atoms with E-state index in [-0.39, 0.29) is 33.4 Å². The van der Waals surface area contributed by atoms with Gasteiger partial charge in [0.15, 0.2) is 0 Å². The molecule has 0 aliphatic rings. The summed E-state index contributed by atoms with van der Waals surface area (Å²) in [6.45, 7) is 0.891. The molecule has 0 radical (unpaired) electrons. The second-order valence-corrected chi connectivity index (χ2v) is 11.4. The van der Waals surface area contributed by atoms with Crippen LogP contribution in [0.15, 0.2) is 107 Å². The largest absolute Gasteiger partial charge is 0.478 e. The molecule has 4 aromatic carbocycles. The molecule has 214 valence electrons. The van der Waals surface area contributed by atoms with Gasteiger partial charge in [0.2, 0.25) is 9.84 Å². The molecule has 4 rings (SSSR count). The first-order valence-electron chi connectivity index (χ1n) is 12.4. The van der Waals surface area contributed by atoms with E-state index in [9.17, 15) is 28.2 Å². The van der Waals surface area contributed by atoms with Gasteiger partial charge in [-0.2, -0.15) is 0 Å². The average Bonchev–Trinajstić information content (AvgIpc) is 2.96. The zero-order valence-corrected chi connectivity index (χ0v) is 24.0. The first kappa shape index (κ1) is 31.8. The van der Waals surface area contributed by atoms with Crippen molar-refractivity contribution in [3.8, 4) is 0 Å². The van der Waals surface area contributed by atoms with Gasteiger partial charge in [0.05, 0.1) is 27.1 Å². The fourth-order valence-electron chi connectivity index (χ4n) is 4.04. The third kappa shape index (κ3) is 8.16. The SMILES string of the molecule is Cl.O=C(Nc1ccc(S(=O)(=O)c2ccc(CCNC[C@H](O)c3cccc(Cl)c3)cc2)cc1C(=O)O)c1ccccc1. The van der Waals surface area contributed by atoms with E-state index < -0.39 is 27.8 Å². The highest BCUT2D eigenvalue weighted by Gasteiger charge is 2.22. The van der Waals surface area contributed by atoms with Gasteiger partial charge in [0.25, 0.3) is 5.91 Å². The highest BCUT2D eigenvalue weighted by Crippen LogP contribution is 2.26. The lowest BCUT2D eigenvalue weighted by atomic mass is 10.1. The third-order valence-corrected chi connectivity index (χ3v) is 8.21. The van der Waals surface area contributed by atoms with Gasteiger partial charge in [-0.1, -0.05) is 54.1 Å². The lowest BCUT2D eigenvalue weighted by Crippen LogP contribution is -2.23. The first-order valence-corrected chi connectivity index (χ1v) is 14.2. The highest BCUT2D eigenvalue weighted by molar-refractivity contribution is 7.91. The lowest BCUT2D eigenvalue weighted by Gasteiger charge is -2.13. The number of amides is 1. The van der Waals surface area contributed by atoms with Crippen molar-refractivity contribution >= 4 is 51.4 Å². The molecular weight excluding hydrogens is 587 g/mol. The predicted octanol–water partition coefficient (Wildman–Crippen LogP) is 5.41. The summed E-state index contributed by atoms with van der Waals surface area (Å²) in [5, 5.41) is 26.2. The van der Waals surface area contributed by atoms with Gasteiger partial charge in [-0.15, -0.1) is 12.4 Å². The summed E-state index contributed by atoms with van der Waals surface area (Å²) >= 11 is 5.97. The number of carboxylic acids is 1. The quantitative estimate of drug-likeness (QED) is 0.166. The molecule has 4 N–H and O–H groups in total. The van der Waals surface area contributed by atoms with Crippen LogP contribution in [-0.2, 0) is 16.3 Å². The van der Waals surface area contributed by atoms with Crippen LogP contribution in [0.3, 0.4) is 0 Å². The molecule has 41 heavy (non-hydrogen) atoms. The fraction of sp³-hybridized carbons (Fsp3) is 0.133. The van der Waals surface area contributed by atoms with Gasteiger partial charge in [-0.3, -0.25) is 4.79 Å². The van der Waals surface area contributed by atoms with Gasteiger partial charge in [0, 0.05) is 17.1 Å². The normalized spacial score (nSPS) is 11.8. The zero-order chi connectivity index (χ0) is 28.7. The molecule has 1 atom stereocenters. The lowest BCUT2D eigenvalue weighted by molar-refractivity contribution is 0.0697. The summed E-state index contributed by atoms with van der Waals surface area (Å²) in [6, 6.07) is 25.2. The number of carbonyl (C=O) groups excluding carboxylic acids is 1. The van der Waals surface area contributed by atoms with Crippen LogP contribution in [0.1, 0.15) is 37.9 Å². The summed E-state index contributed by atoms with van der Waals surface area (Å²) in [4.78, 5) is 24.2. The molecule has 8 nitrogen and oxygen atoms in total. The molecule has 4 aromatic rings. The molecule has 0 saturated carbocycles. The summed E-state index contributed by atoms with van der Waals surface area (Å²) < 4.78 is 26.5. The van der Waals surface area contributed by atoms with Crippen molar-refractivity contribution in [1.82, 2.24) is 5.32 Å². The van der Waals surface area contributed by atoms with Crippen LogP contribution in [0.5, 0.6) is 0 Å². The van der Waals surface area contributed by atoms with Crippen LogP contribution in [0.4, 0.5) is 5.69 Å². The van der Waals surface area contributed by atoms with Crippen LogP contribution >= 0.6 is 24.0 Å². The van der Waals surface area contributed by atoms with Crippen LogP contribution in [-0.4, -0.2) is 43.6 Å². The van der Waals surface area contributed by atoms with Gasteiger partial charge >= 0.3 is 5.97 Å². The number of sulfone groups is 1. The number of hydrogen-bond acceptors (Lipinski definition) is 6. The molecular formula is C30H28Cl2N2O6S. The van der Waals surface area contributed by atoms with Crippen molar-refractivity contribution in [2.75, 3.05) is 18.4 Å². The van der Waals surface area contributed by atoms with Gasteiger partial charge in [-0.25, -0.2) is 13.2 Å². The molecule has 0 aliphatic heterocycles. The molecule has 11 heteroatoms. The monoisotopic (exact) mass is 614 g/mol. The van der Waals surface area contributed by atoms with E-state index in [0.717, 1.165) is 11.6 Å². The minimum atomic E-state index is -4.02. The smallest absolute Gasteiger partial charge is 0.337 e. The van der Waals surface area contributed by atoms with Crippen LogP contribution < -0.4 is 10.6 Å². The Balaban J connectivity index is 0.00000462. The van der Waals surface area contributed by atoms with E-state index in [1.807, 2.05) is 0 Å². The number of aromatic carboxylic acids is 1. The number of nitrogens with one attached hydrogen (secondary N) is 2.